The molecule has 18 heavy (non-hydrogen) atoms. The number of benzene rings is 1. The van der Waals surface area contributed by atoms with Crippen LogP contribution in [-0.4, -0.2) is 23.5 Å². The van der Waals surface area contributed by atoms with Crippen LogP contribution in [0.4, 0.5) is 0 Å². The van der Waals surface area contributed by atoms with Crippen molar-refractivity contribution < 1.29 is 4.79 Å². The summed E-state index contributed by atoms with van der Waals surface area (Å²) in [5.74, 6) is 0.0410. The predicted octanol–water partition coefficient (Wildman–Crippen LogP) is 2.63. The highest BCUT2D eigenvalue weighted by Gasteiger charge is 2.30. The zero-order chi connectivity index (χ0) is 13.1. The lowest BCUT2D eigenvalue weighted by Gasteiger charge is -2.28. The molecule has 0 saturated carbocycles. The van der Waals surface area contributed by atoms with Crippen LogP contribution in [0.3, 0.4) is 0 Å². The maximum Gasteiger partial charge on any atom is 0.226 e. The first-order chi connectivity index (χ1) is 8.63. The zero-order valence-electron chi connectivity index (χ0n) is 10.9. The largest absolute Gasteiger partial charge is 0.317 e. The number of nitrogens with one attached hydrogen (secondary N) is 1. The van der Waals surface area contributed by atoms with Crippen molar-refractivity contribution in [3.63, 3.8) is 0 Å². The molecule has 0 radical (unpaired) electrons. The topological polar surface area (TPSA) is 56.5 Å². The molecule has 1 aliphatic carbocycles. The van der Waals surface area contributed by atoms with Crippen molar-refractivity contribution >= 4 is 5.91 Å². The van der Waals surface area contributed by atoms with Crippen LogP contribution in [0, 0.1) is 11.4 Å². The summed E-state index contributed by atoms with van der Waals surface area (Å²) < 4.78 is 0. The number of amides is 1. The molecule has 0 spiro atoms. The molecule has 2 rings (SSSR count). The summed E-state index contributed by atoms with van der Waals surface area (Å²) in [6, 6.07) is 8.46. The lowest BCUT2D eigenvalue weighted by molar-refractivity contribution is -0.136. The Hall–Kier alpha value is -1.71. The quantitative estimate of drug-likeness (QED) is 0.814. The van der Waals surface area contributed by atoms with Gasteiger partial charge in [-0.25, -0.2) is 5.53 Å². The SMILES string of the molecule is CC(C)C(=O)N(CN=N)C1Cc2ccccc2C1. The van der Waals surface area contributed by atoms with Gasteiger partial charge in [0.15, 0.2) is 0 Å². The van der Waals surface area contributed by atoms with Crippen LogP contribution >= 0.6 is 0 Å². The summed E-state index contributed by atoms with van der Waals surface area (Å²) >= 11 is 0. The average molecular weight is 245 g/mol. The van der Waals surface area contributed by atoms with Gasteiger partial charge in [-0.3, -0.25) is 4.79 Å². The van der Waals surface area contributed by atoms with E-state index in [9.17, 15) is 4.79 Å². The average Bonchev–Trinajstić information content (AvgIpc) is 2.78. The van der Waals surface area contributed by atoms with Gasteiger partial charge in [0.1, 0.15) is 6.67 Å². The first kappa shape index (κ1) is 12.7. The first-order valence-electron chi connectivity index (χ1n) is 6.34. The van der Waals surface area contributed by atoms with E-state index < -0.39 is 0 Å². The van der Waals surface area contributed by atoms with Gasteiger partial charge in [-0.1, -0.05) is 38.1 Å². The van der Waals surface area contributed by atoms with E-state index in [2.05, 4.69) is 17.2 Å². The summed E-state index contributed by atoms with van der Waals surface area (Å²) in [4.78, 5) is 13.9. The Kier molecular flexibility index (Phi) is 3.75. The number of carbonyl (C=O) groups excluding carboxylic acids is 1. The Bertz CT molecular complexity index is 431. The molecule has 1 amide bonds. The number of carbonyl (C=O) groups is 1. The smallest absolute Gasteiger partial charge is 0.226 e. The van der Waals surface area contributed by atoms with Crippen LogP contribution in [0.15, 0.2) is 29.4 Å². The fourth-order valence-electron chi connectivity index (χ4n) is 2.53. The third kappa shape index (κ3) is 2.42. The third-order valence-corrected chi connectivity index (χ3v) is 3.47. The van der Waals surface area contributed by atoms with Crippen LogP contribution < -0.4 is 0 Å². The van der Waals surface area contributed by atoms with Gasteiger partial charge in [0.25, 0.3) is 0 Å². The summed E-state index contributed by atoms with van der Waals surface area (Å²) in [6.45, 7) is 3.96. The minimum atomic E-state index is -0.0459. The van der Waals surface area contributed by atoms with E-state index >= 15 is 0 Å². The Morgan fingerprint density at radius 3 is 2.39 bits per heavy atom. The molecule has 0 unspecified atom stereocenters. The molecule has 1 N–H and O–H groups in total. The Labute approximate surface area is 108 Å². The highest BCUT2D eigenvalue weighted by molar-refractivity contribution is 5.78. The summed E-state index contributed by atoms with van der Waals surface area (Å²) in [7, 11) is 0. The fraction of sp³-hybridized carbons (Fsp3) is 0.500. The van der Waals surface area contributed by atoms with Gasteiger partial charge in [-0.2, -0.15) is 5.11 Å². The van der Waals surface area contributed by atoms with E-state index in [1.165, 1.54) is 11.1 Å². The fourth-order valence-corrected chi connectivity index (χ4v) is 2.53. The van der Waals surface area contributed by atoms with E-state index in [4.69, 9.17) is 5.53 Å². The van der Waals surface area contributed by atoms with Crippen molar-refractivity contribution in [2.45, 2.75) is 32.7 Å². The van der Waals surface area contributed by atoms with Crippen molar-refractivity contribution in [3.05, 3.63) is 35.4 Å². The van der Waals surface area contributed by atoms with Gasteiger partial charge in [0.2, 0.25) is 5.91 Å². The summed E-state index contributed by atoms with van der Waals surface area (Å²) in [6.07, 6.45) is 1.76. The standard InChI is InChI=1S/C14H19N3O/c1-10(2)14(18)17(9-16-15)13-7-11-5-3-4-6-12(11)8-13/h3-6,10,13,15H,7-9H2,1-2H3. The van der Waals surface area contributed by atoms with Crippen molar-refractivity contribution in [2.24, 2.45) is 11.0 Å². The van der Waals surface area contributed by atoms with Crippen molar-refractivity contribution in [1.29, 1.82) is 5.53 Å². The first-order valence-corrected chi connectivity index (χ1v) is 6.34. The lowest BCUT2D eigenvalue weighted by Crippen LogP contribution is -2.43. The van der Waals surface area contributed by atoms with E-state index in [0.717, 1.165) is 12.8 Å². The van der Waals surface area contributed by atoms with E-state index in [-0.39, 0.29) is 24.5 Å². The van der Waals surface area contributed by atoms with Crippen molar-refractivity contribution in [1.82, 2.24) is 4.90 Å². The third-order valence-electron chi connectivity index (χ3n) is 3.47. The highest BCUT2D eigenvalue weighted by atomic mass is 16.2. The number of hydrogen-bond acceptors (Lipinski definition) is 3. The maximum atomic E-state index is 12.2. The second-order valence-corrected chi connectivity index (χ2v) is 5.09. The zero-order valence-corrected chi connectivity index (χ0v) is 10.9. The van der Waals surface area contributed by atoms with Crippen LogP contribution in [0.25, 0.3) is 0 Å². The number of rotatable bonds is 4. The molecular formula is C14H19N3O. The Morgan fingerprint density at radius 1 is 1.39 bits per heavy atom. The van der Waals surface area contributed by atoms with Crippen LogP contribution in [0.1, 0.15) is 25.0 Å². The van der Waals surface area contributed by atoms with Gasteiger partial charge in [0, 0.05) is 12.0 Å². The van der Waals surface area contributed by atoms with E-state index in [1.807, 2.05) is 26.0 Å². The number of fused-ring (bicyclic) bond motifs is 1. The van der Waals surface area contributed by atoms with Gasteiger partial charge in [-0.15, -0.1) is 0 Å². The van der Waals surface area contributed by atoms with Crippen LogP contribution in [0.2, 0.25) is 0 Å². The van der Waals surface area contributed by atoms with Crippen LogP contribution in [-0.2, 0) is 17.6 Å². The summed E-state index contributed by atoms with van der Waals surface area (Å²) in [5, 5.41) is 3.40. The number of nitrogens with zero attached hydrogens (tertiary/aromatic N) is 2. The minimum Gasteiger partial charge on any atom is -0.317 e. The molecule has 0 heterocycles. The molecule has 0 saturated heterocycles. The Balaban J connectivity index is 2.15. The molecule has 0 aliphatic heterocycles. The molecule has 1 aromatic rings. The normalized spacial score (nSPS) is 14.6. The molecule has 4 nitrogen and oxygen atoms in total. The molecule has 0 bridgehead atoms. The predicted molar refractivity (Wildman–Crippen MR) is 69.3 cm³/mol. The second-order valence-electron chi connectivity index (χ2n) is 5.09. The van der Waals surface area contributed by atoms with E-state index in [0.29, 0.717) is 0 Å². The lowest BCUT2D eigenvalue weighted by atomic mass is 10.1. The van der Waals surface area contributed by atoms with Crippen LogP contribution in [0.5, 0.6) is 0 Å². The molecular weight excluding hydrogens is 226 g/mol. The van der Waals surface area contributed by atoms with Gasteiger partial charge < -0.3 is 4.90 Å². The van der Waals surface area contributed by atoms with Gasteiger partial charge in [0.05, 0.1) is 0 Å². The van der Waals surface area contributed by atoms with Gasteiger partial charge >= 0.3 is 0 Å². The van der Waals surface area contributed by atoms with Crippen molar-refractivity contribution in [3.8, 4) is 0 Å². The molecule has 96 valence electrons. The van der Waals surface area contributed by atoms with Gasteiger partial charge in [-0.05, 0) is 24.0 Å². The molecule has 1 aliphatic rings. The minimum absolute atomic E-state index is 0.0459. The molecule has 0 atom stereocenters. The number of hydrogen-bond donors (Lipinski definition) is 1. The van der Waals surface area contributed by atoms with E-state index in [1.54, 1.807) is 4.90 Å². The molecule has 4 heteroatoms. The maximum absolute atomic E-state index is 12.2. The molecule has 0 fully saturated rings. The monoisotopic (exact) mass is 245 g/mol. The van der Waals surface area contributed by atoms with Crippen molar-refractivity contribution in [2.75, 3.05) is 6.67 Å². The summed E-state index contributed by atoms with van der Waals surface area (Å²) in [5.41, 5.74) is 9.65. The molecule has 1 aromatic carbocycles. The second kappa shape index (κ2) is 5.29. The Morgan fingerprint density at radius 2 is 1.94 bits per heavy atom. The molecule has 0 aromatic heterocycles. The highest BCUT2D eigenvalue weighted by Crippen LogP contribution is 2.26.